The Balaban J connectivity index is 2.92. The first-order valence-corrected chi connectivity index (χ1v) is 3.12. The summed E-state index contributed by atoms with van der Waals surface area (Å²) in [6, 6.07) is 0. The number of Topliss-reactive ketones (excluding diaryl/α,β-unsaturated/α-hetero) is 1. The lowest BCUT2D eigenvalue weighted by atomic mass is 10.2. The minimum Gasteiger partial charge on any atom is -0.489 e. The number of rotatable bonds is 1. The molecule has 0 aliphatic carbocycles. The van der Waals surface area contributed by atoms with Gasteiger partial charge in [0.05, 0.1) is 7.11 Å². The smallest absolute Gasteiger partial charge is 0.345 e. The Morgan fingerprint density at radius 1 is 1.64 bits per heavy atom. The van der Waals surface area contributed by atoms with Crippen molar-refractivity contribution in [2.24, 2.45) is 0 Å². The monoisotopic (exact) mass is 156 g/mol. The largest absolute Gasteiger partial charge is 0.489 e. The van der Waals surface area contributed by atoms with Crippen molar-refractivity contribution in [1.82, 2.24) is 0 Å². The molecule has 0 fully saturated rings. The van der Waals surface area contributed by atoms with E-state index in [1.165, 1.54) is 7.11 Å². The molecule has 0 unspecified atom stereocenters. The van der Waals surface area contributed by atoms with Crippen LogP contribution >= 0.6 is 0 Å². The van der Waals surface area contributed by atoms with Gasteiger partial charge in [-0.15, -0.1) is 0 Å². The summed E-state index contributed by atoms with van der Waals surface area (Å²) in [5, 5.41) is 0. The van der Waals surface area contributed by atoms with Crippen molar-refractivity contribution in [2.75, 3.05) is 13.7 Å². The fraction of sp³-hybridized carbons (Fsp3) is 0.429. The van der Waals surface area contributed by atoms with Crippen LogP contribution in [0.25, 0.3) is 0 Å². The van der Waals surface area contributed by atoms with E-state index in [1.54, 1.807) is 6.92 Å². The maximum atomic E-state index is 10.9. The summed E-state index contributed by atoms with van der Waals surface area (Å²) in [4.78, 5) is 21.8. The Bertz CT molecular complexity index is 239. The van der Waals surface area contributed by atoms with Crippen molar-refractivity contribution >= 4 is 11.8 Å². The van der Waals surface area contributed by atoms with Crippen LogP contribution in [-0.2, 0) is 19.1 Å². The summed E-state index contributed by atoms with van der Waals surface area (Å²) in [6.45, 7) is 1.52. The summed E-state index contributed by atoms with van der Waals surface area (Å²) in [5.41, 5.74) is 0.0347. The highest BCUT2D eigenvalue weighted by atomic mass is 16.5. The van der Waals surface area contributed by atoms with E-state index in [0.29, 0.717) is 5.76 Å². The second-order valence-corrected chi connectivity index (χ2v) is 2.13. The second kappa shape index (κ2) is 2.74. The summed E-state index contributed by atoms with van der Waals surface area (Å²) < 4.78 is 9.21. The van der Waals surface area contributed by atoms with Crippen LogP contribution in [0, 0.1) is 0 Å². The van der Waals surface area contributed by atoms with Gasteiger partial charge in [-0.2, -0.15) is 0 Å². The van der Waals surface area contributed by atoms with Gasteiger partial charge in [-0.3, -0.25) is 4.79 Å². The van der Waals surface area contributed by atoms with Crippen LogP contribution in [0.4, 0.5) is 0 Å². The van der Waals surface area contributed by atoms with Gasteiger partial charge in [0.2, 0.25) is 5.78 Å². The van der Waals surface area contributed by atoms with Gasteiger partial charge >= 0.3 is 5.97 Å². The van der Waals surface area contributed by atoms with Gasteiger partial charge in [-0.1, -0.05) is 0 Å². The molecule has 0 aromatic carbocycles. The van der Waals surface area contributed by atoms with Crippen molar-refractivity contribution in [2.45, 2.75) is 6.92 Å². The molecule has 1 heterocycles. The minimum atomic E-state index is -0.620. The van der Waals surface area contributed by atoms with Gasteiger partial charge in [0, 0.05) is 0 Å². The molecular formula is C7H8O4. The predicted octanol–water partition coefficient (Wildman–Crippen LogP) is 0.0327. The first-order valence-electron chi connectivity index (χ1n) is 3.12. The van der Waals surface area contributed by atoms with Crippen LogP contribution < -0.4 is 0 Å². The van der Waals surface area contributed by atoms with E-state index in [2.05, 4.69) is 4.74 Å². The van der Waals surface area contributed by atoms with Gasteiger partial charge in [-0.05, 0) is 6.92 Å². The first-order chi connectivity index (χ1) is 5.16. The molecule has 0 N–H and O–H groups in total. The molecule has 0 bridgehead atoms. The predicted molar refractivity (Wildman–Crippen MR) is 35.7 cm³/mol. The molecule has 0 atom stereocenters. The third kappa shape index (κ3) is 1.24. The van der Waals surface area contributed by atoms with E-state index in [-0.39, 0.29) is 18.0 Å². The average molecular weight is 156 g/mol. The van der Waals surface area contributed by atoms with E-state index < -0.39 is 5.97 Å². The number of methoxy groups -OCH3 is 1. The number of ether oxygens (including phenoxy) is 2. The highest BCUT2D eigenvalue weighted by Gasteiger charge is 2.28. The highest BCUT2D eigenvalue weighted by Crippen LogP contribution is 2.15. The average Bonchev–Trinajstić information content (AvgIpc) is 2.30. The van der Waals surface area contributed by atoms with Crippen LogP contribution in [0.2, 0.25) is 0 Å². The molecule has 0 aromatic rings. The molecule has 1 rings (SSSR count). The highest BCUT2D eigenvalue weighted by molar-refractivity contribution is 6.19. The molecule has 0 spiro atoms. The third-order valence-electron chi connectivity index (χ3n) is 1.44. The van der Waals surface area contributed by atoms with Crippen LogP contribution in [0.15, 0.2) is 11.3 Å². The quantitative estimate of drug-likeness (QED) is 0.397. The zero-order valence-electron chi connectivity index (χ0n) is 6.34. The van der Waals surface area contributed by atoms with E-state index in [0.717, 1.165) is 0 Å². The Morgan fingerprint density at radius 3 is 2.64 bits per heavy atom. The lowest BCUT2D eigenvalue weighted by Gasteiger charge is -1.96. The lowest BCUT2D eigenvalue weighted by molar-refractivity contribution is -0.137. The van der Waals surface area contributed by atoms with Crippen molar-refractivity contribution in [3.8, 4) is 0 Å². The van der Waals surface area contributed by atoms with E-state index >= 15 is 0 Å². The van der Waals surface area contributed by atoms with Crippen molar-refractivity contribution in [3.05, 3.63) is 11.3 Å². The molecule has 0 saturated heterocycles. The molecule has 60 valence electrons. The standard InChI is InChI=1S/C7H8O4/c1-4-6(7(9)10-2)5(8)3-11-4/h3H2,1-2H3. The normalized spacial score (nSPS) is 16.7. The number of esters is 1. The second-order valence-electron chi connectivity index (χ2n) is 2.13. The van der Waals surface area contributed by atoms with Gasteiger partial charge in [-0.25, -0.2) is 4.79 Å². The van der Waals surface area contributed by atoms with Crippen LogP contribution in [-0.4, -0.2) is 25.5 Å². The van der Waals surface area contributed by atoms with Crippen LogP contribution in [0.5, 0.6) is 0 Å². The Labute approximate surface area is 63.8 Å². The van der Waals surface area contributed by atoms with Crippen molar-refractivity contribution < 1.29 is 19.1 Å². The Kier molecular flexibility index (Phi) is 1.94. The zero-order valence-corrected chi connectivity index (χ0v) is 6.34. The molecule has 11 heavy (non-hydrogen) atoms. The molecule has 4 nitrogen and oxygen atoms in total. The van der Waals surface area contributed by atoms with Crippen LogP contribution in [0.3, 0.4) is 0 Å². The number of carbonyl (C=O) groups is 2. The van der Waals surface area contributed by atoms with Gasteiger partial charge in [0.1, 0.15) is 11.3 Å². The van der Waals surface area contributed by atoms with E-state index in [1.807, 2.05) is 0 Å². The maximum absolute atomic E-state index is 10.9. The molecule has 0 radical (unpaired) electrons. The summed E-state index contributed by atoms with van der Waals surface area (Å²) in [5.74, 6) is -0.582. The topological polar surface area (TPSA) is 52.6 Å². The fourth-order valence-electron chi connectivity index (χ4n) is 0.874. The van der Waals surface area contributed by atoms with Gasteiger partial charge in [0.15, 0.2) is 6.61 Å². The number of carbonyl (C=O) groups excluding carboxylic acids is 2. The molecular weight excluding hydrogens is 148 g/mol. The summed E-state index contributed by atoms with van der Waals surface area (Å²) in [7, 11) is 1.23. The third-order valence-corrected chi connectivity index (χ3v) is 1.44. The molecule has 0 aromatic heterocycles. The first kappa shape index (κ1) is 7.78. The van der Waals surface area contributed by atoms with Crippen molar-refractivity contribution in [1.29, 1.82) is 0 Å². The van der Waals surface area contributed by atoms with Gasteiger partial charge < -0.3 is 9.47 Å². The maximum Gasteiger partial charge on any atom is 0.345 e. The number of ketones is 1. The minimum absolute atomic E-state index is 0.0347. The number of hydrogen-bond acceptors (Lipinski definition) is 4. The SMILES string of the molecule is COC(=O)C1=C(C)OCC1=O. The van der Waals surface area contributed by atoms with E-state index in [4.69, 9.17) is 4.74 Å². The van der Waals surface area contributed by atoms with Crippen LogP contribution in [0.1, 0.15) is 6.92 Å². The molecule has 0 saturated carbocycles. The zero-order chi connectivity index (χ0) is 8.43. The van der Waals surface area contributed by atoms with Crippen molar-refractivity contribution in [3.63, 3.8) is 0 Å². The molecule has 4 heteroatoms. The lowest BCUT2D eigenvalue weighted by Crippen LogP contribution is -2.12. The summed E-state index contributed by atoms with van der Waals surface area (Å²) in [6.07, 6.45) is 0. The Hall–Kier alpha value is -1.32. The number of hydrogen-bond donors (Lipinski definition) is 0. The molecule has 0 amide bonds. The van der Waals surface area contributed by atoms with Gasteiger partial charge in [0.25, 0.3) is 0 Å². The Morgan fingerprint density at radius 2 is 2.27 bits per heavy atom. The van der Waals surface area contributed by atoms with E-state index in [9.17, 15) is 9.59 Å². The fourth-order valence-corrected chi connectivity index (χ4v) is 0.874. The number of allylic oxidation sites excluding steroid dienone is 1. The molecule has 1 aliphatic rings. The molecule has 1 aliphatic heterocycles. The summed E-state index contributed by atoms with van der Waals surface area (Å²) >= 11 is 0.